The molecule has 126 valence electrons. The lowest BCUT2D eigenvalue weighted by Crippen LogP contribution is -2.13. The first kappa shape index (κ1) is 17.6. The summed E-state index contributed by atoms with van der Waals surface area (Å²) >= 11 is 0. The lowest BCUT2D eigenvalue weighted by molar-refractivity contribution is -0.116. The molecule has 6 heteroatoms. The topological polar surface area (TPSA) is 55.4 Å². The fourth-order valence-corrected chi connectivity index (χ4v) is 2.13. The van der Waals surface area contributed by atoms with Crippen LogP contribution in [-0.4, -0.2) is 18.8 Å². The second-order valence-electron chi connectivity index (χ2n) is 5.18. The lowest BCUT2D eigenvalue weighted by atomic mass is 10.1. The first-order valence-electron chi connectivity index (χ1n) is 7.42. The van der Waals surface area contributed by atoms with Crippen LogP contribution in [0, 0.1) is 11.6 Å². The number of methoxy groups -OCH3 is 1. The molecule has 0 aromatic heterocycles. The number of benzene rings is 2. The number of Topliss-reactive ketones (excluding diaryl/α,β-unsaturated/α-hetero) is 1. The van der Waals surface area contributed by atoms with Crippen LogP contribution in [0.15, 0.2) is 42.5 Å². The molecule has 0 unspecified atom stereocenters. The molecule has 0 aliphatic heterocycles. The Balaban J connectivity index is 1.80. The van der Waals surface area contributed by atoms with Crippen molar-refractivity contribution in [1.29, 1.82) is 0 Å². The van der Waals surface area contributed by atoms with Gasteiger partial charge in [0.25, 0.3) is 0 Å². The molecule has 0 aliphatic rings. The number of anilines is 1. The molecule has 0 heterocycles. The number of amides is 1. The first-order chi connectivity index (χ1) is 11.5. The van der Waals surface area contributed by atoms with Gasteiger partial charge in [-0.3, -0.25) is 9.59 Å². The minimum atomic E-state index is -0.836. The zero-order valence-corrected chi connectivity index (χ0v) is 13.1. The van der Waals surface area contributed by atoms with E-state index in [0.29, 0.717) is 23.8 Å². The van der Waals surface area contributed by atoms with Crippen molar-refractivity contribution < 1.29 is 23.1 Å². The maximum Gasteiger partial charge on any atom is 0.224 e. The highest BCUT2D eigenvalue weighted by Crippen LogP contribution is 2.16. The van der Waals surface area contributed by atoms with E-state index >= 15 is 0 Å². The fraction of sp³-hybridized carbons (Fsp3) is 0.222. The van der Waals surface area contributed by atoms with Gasteiger partial charge in [-0.15, -0.1) is 0 Å². The van der Waals surface area contributed by atoms with Crippen LogP contribution in [0.1, 0.15) is 29.6 Å². The van der Waals surface area contributed by atoms with E-state index in [-0.39, 0.29) is 24.3 Å². The number of carbonyl (C=O) groups excluding carboxylic acids is 2. The van der Waals surface area contributed by atoms with E-state index in [1.165, 1.54) is 0 Å². The highest BCUT2D eigenvalue weighted by Gasteiger charge is 2.10. The summed E-state index contributed by atoms with van der Waals surface area (Å²) in [6.45, 7) is 0. The maximum absolute atomic E-state index is 13.4. The quantitative estimate of drug-likeness (QED) is 0.780. The molecule has 0 radical (unpaired) electrons. The van der Waals surface area contributed by atoms with E-state index in [1.807, 2.05) is 0 Å². The Hall–Kier alpha value is -2.76. The first-order valence-corrected chi connectivity index (χ1v) is 7.42. The standard InChI is InChI=1S/C18H17F2NO3/c1-24-14-8-5-12(6-9-14)17(22)3-2-4-18(23)21-16-10-7-13(19)11-15(16)20/h5-11H,2-4H2,1H3,(H,21,23). The van der Waals surface area contributed by atoms with E-state index in [1.54, 1.807) is 31.4 Å². The van der Waals surface area contributed by atoms with Gasteiger partial charge in [0.2, 0.25) is 5.91 Å². The van der Waals surface area contributed by atoms with Gasteiger partial charge in [0, 0.05) is 24.5 Å². The molecule has 0 saturated heterocycles. The lowest BCUT2D eigenvalue weighted by Gasteiger charge is -2.06. The van der Waals surface area contributed by atoms with Crippen molar-refractivity contribution in [2.24, 2.45) is 0 Å². The molecular formula is C18H17F2NO3. The predicted octanol–water partition coefficient (Wildman–Crippen LogP) is 3.97. The van der Waals surface area contributed by atoms with Gasteiger partial charge >= 0.3 is 0 Å². The average molecular weight is 333 g/mol. The molecular weight excluding hydrogens is 316 g/mol. The third kappa shape index (κ3) is 4.87. The zero-order chi connectivity index (χ0) is 17.5. The SMILES string of the molecule is COc1ccc(C(=O)CCCC(=O)Nc2ccc(F)cc2F)cc1. The smallest absolute Gasteiger partial charge is 0.224 e. The summed E-state index contributed by atoms with van der Waals surface area (Å²) in [5.74, 6) is -1.40. The van der Waals surface area contributed by atoms with Crippen molar-refractivity contribution >= 4 is 17.4 Å². The summed E-state index contributed by atoms with van der Waals surface area (Å²) in [5.41, 5.74) is 0.462. The molecule has 4 nitrogen and oxygen atoms in total. The van der Waals surface area contributed by atoms with Crippen LogP contribution in [-0.2, 0) is 4.79 Å². The molecule has 1 amide bonds. The second kappa shape index (κ2) is 8.19. The van der Waals surface area contributed by atoms with Gasteiger partial charge < -0.3 is 10.1 Å². The Labute approximate surface area is 138 Å². The molecule has 2 aromatic rings. The molecule has 0 spiro atoms. The summed E-state index contributed by atoms with van der Waals surface area (Å²) in [6, 6.07) is 9.62. The summed E-state index contributed by atoms with van der Waals surface area (Å²) in [6.07, 6.45) is 0.601. The molecule has 0 atom stereocenters. The number of nitrogens with one attached hydrogen (secondary N) is 1. The Kier molecular flexibility index (Phi) is 6.01. The van der Waals surface area contributed by atoms with Crippen LogP contribution in [0.3, 0.4) is 0 Å². The van der Waals surface area contributed by atoms with Crippen LogP contribution in [0.4, 0.5) is 14.5 Å². The van der Waals surface area contributed by atoms with Gasteiger partial charge in [-0.2, -0.15) is 0 Å². The van der Waals surface area contributed by atoms with E-state index < -0.39 is 17.5 Å². The van der Waals surface area contributed by atoms with Crippen LogP contribution < -0.4 is 10.1 Å². The summed E-state index contributed by atoms with van der Waals surface area (Å²) < 4.78 is 31.2. The highest BCUT2D eigenvalue weighted by atomic mass is 19.1. The third-order valence-corrected chi connectivity index (χ3v) is 3.42. The zero-order valence-electron chi connectivity index (χ0n) is 13.1. The van der Waals surface area contributed by atoms with Crippen molar-refractivity contribution in [2.75, 3.05) is 12.4 Å². The minimum absolute atomic E-state index is 0.0682. The monoisotopic (exact) mass is 333 g/mol. The van der Waals surface area contributed by atoms with Gasteiger partial charge in [0.1, 0.15) is 17.4 Å². The molecule has 0 bridgehead atoms. The number of carbonyl (C=O) groups is 2. The molecule has 24 heavy (non-hydrogen) atoms. The number of hydrogen-bond acceptors (Lipinski definition) is 3. The number of hydrogen-bond donors (Lipinski definition) is 1. The van der Waals surface area contributed by atoms with Crippen LogP contribution in [0.5, 0.6) is 5.75 Å². The van der Waals surface area contributed by atoms with Crippen molar-refractivity contribution in [2.45, 2.75) is 19.3 Å². The van der Waals surface area contributed by atoms with Crippen LogP contribution in [0.25, 0.3) is 0 Å². The van der Waals surface area contributed by atoms with E-state index in [4.69, 9.17) is 4.74 Å². The molecule has 0 aliphatic carbocycles. The molecule has 1 N–H and O–H groups in total. The maximum atomic E-state index is 13.4. The van der Waals surface area contributed by atoms with E-state index in [0.717, 1.165) is 12.1 Å². The Morgan fingerprint density at radius 2 is 1.75 bits per heavy atom. The van der Waals surface area contributed by atoms with Crippen LogP contribution in [0.2, 0.25) is 0 Å². The molecule has 2 rings (SSSR count). The molecule has 0 fully saturated rings. The second-order valence-corrected chi connectivity index (χ2v) is 5.18. The summed E-state index contributed by atoms with van der Waals surface area (Å²) in [4.78, 5) is 23.8. The number of ether oxygens (including phenoxy) is 1. The van der Waals surface area contributed by atoms with Gasteiger partial charge in [-0.1, -0.05) is 0 Å². The molecule has 0 saturated carbocycles. The number of rotatable bonds is 7. The van der Waals surface area contributed by atoms with Crippen molar-refractivity contribution in [3.63, 3.8) is 0 Å². The van der Waals surface area contributed by atoms with Crippen molar-refractivity contribution in [1.82, 2.24) is 0 Å². The van der Waals surface area contributed by atoms with E-state index in [9.17, 15) is 18.4 Å². The average Bonchev–Trinajstić information content (AvgIpc) is 2.57. The number of halogens is 2. The Morgan fingerprint density at radius 3 is 2.38 bits per heavy atom. The van der Waals surface area contributed by atoms with Crippen molar-refractivity contribution in [3.8, 4) is 5.75 Å². The fourth-order valence-electron chi connectivity index (χ4n) is 2.13. The number of ketones is 1. The molecule has 2 aromatic carbocycles. The van der Waals surface area contributed by atoms with Gasteiger partial charge in [-0.25, -0.2) is 8.78 Å². The minimum Gasteiger partial charge on any atom is -0.497 e. The predicted molar refractivity (Wildman–Crippen MR) is 86.2 cm³/mol. The normalized spacial score (nSPS) is 10.3. The van der Waals surface area contributed by atoms with Crippen LogP contribution >= 0.6 is 0 Å². The largest absolute Gasteiger partial charge is 0.497 e. The van der Waals surface area contributed by atoms with Crippen molar-refractivity contribution in [3.05, 3.63) is 59.7 Å². The summed E-state index contributed by atoms with van der Waals surface area (Å²) in [5, 5.41) is 2.36. The van der Waals surface area contributed by atoms with Gasteiger partial charge in [0.05, 0.1) is 12.8 Å². The van der Waals surface area contributed by atoms with Gasteiger partial charge in [-0.05, 0) is 42.8 Å². The van der Waals surface area contributed by atoms with E-state index in [2.05, 4.69) is 5.32 Å². The Morgan fingerprint density at radius 1 is 1.04 bits per heavy atom. The summed E-state index contributed by atoms with van der Waals surface area (Å²) in [7, 11) is 1.54. The third-order valence-electron chi connectivity index (χ3n) is 3.42. The Bertz CT molecular complexity index is 730. The van der Waals surface area contributed by atoms with Gasteiger partial charge in [0.15, 0.2) is 5.78 Å². The highest BCUT2D eigenvalue weighted by molar-refractivity contribution is 5.96.